The van der Waals surface area contributed by atoms with Crippen molar-refractivity contribution in [3.8, 4) is 0 Å². The summed E-state index contributed by atoms with van der Waals surface area (Å²) in [4.78, 5) is 28.9. The van der Waals surface area contributed by atoms with Crippen molar-refractivity contribution in [3.63, 3.8) is 0 Å². The molecule has 1 N–H and O–H groups in total. The van der Waals surface area contributed by atoms with Crippen LogP contribution < -0.4 is 10.2 Å². The predicted octanol–water partition coefficient (Wildman–Crippen LogP) is 1.05. The van der Waals surface area contributed by atoms with Crippen molar-refractivity contribution in [1.29, 1.82) is 0 Å². The standard InChI is InChI=1S/C17H23N3O3.ClH/c1-2-19(17(22)15-12-18-9-11-23-15)14-8-10-20(16(14)21)13-6-4-3-5-7-13;/h3-7,14-15,18H,2,8-12H2,1H3;1H. The highest BCUT2D eigenvalue weighted by Gasteiger charge is 2.40. The average molecular weight is 354 g/mol. The smallest absolute Gasteiger partial charge is 0.253 e. The number of anilines is 1. The molecule has 2 atom stereocenters. The van der Waals surface area contributed by atoms with Crippen LogP contribution in [0.5, 0.6) is 0 Å². The van der Waals surface area contributed by atoms with E-state index >= 15 is 0 Å². The van der Waals surface area contributed by atoms with E-state index in [1.807, 2.05) is 37.3 Å². The minimum Gasteiger partial charge on any atom is -0.366 e. The molecule has 24 heavy (non-hydrogen) atoms. The van der Waals surface area contributed by atoms with Crippen molar-refractivity contribution in [2.24, 2.45) is 0 Å². The number of benzene rings is 1. The summed E-state index contributed by atoms with van der Waals surface area (Å²) in [6.45, 7) is 4.87. The zero-order chi connectivity index (χ0) is 16.2. The number of nitrogens with zero attached hydrogens (tertiary/aromatic N) is 2. The van der Waals surface area contributed by atoms with E-state index in [1.165, 1.54) is 0 Å². The molecule has 2 unspecified atom stereocenters. The summed E-state index contributed by atoms with van der Waals surface area (Å²) < 4.78 is 5.55. The van der Waals surface area contributed by atoms with Crippen molar-refractivity contribution >= 4 is 29.9 Å². The summed E-state index contributed by atoms with van der Waals surface area (Å²) in [7, 11) is 0. The van der Waals surface area contributed by atoms with E-state index in [0.717, 1.165) is 12.2 Å². The van der Waals surface area contributed by atoms with E-state index in [1.54, 1.807) is 9.80 Å². The van der Waals surface area contributed by atoms with Gasteiger partial charge in [0.05, 0.1) is 6.61 Å². The molecule has 2 fully saturated rings. The molecule has 3 rings (SSSR count). The molecular weight excluding hydrogens is 330 g/mol. The van der Waals surface area contributed by atoms with Crippen molar-refractivity contribution in [2.75, 3.05) is 37.7 Å². The van der Waals surface area contributed by atoms with E-state index in [0.29, 0.717) is 32.7 Å². The minimum atomic E-state index is -0.484. The number of carbonyl (C=O) groups is 2. The normalized spacial score (nSPS) is 23.7. The first kappa shape index (κ1) is 18.7. The van der Waals surface area contributed by atoms with Gasteiger partial charge in [0.1, 0.15) is 12.1 Å². The van der Waals surface area contributed by atoms with Gasteiger partial charge in [0.15, 0.2) is 0 Å². The predicted molar refractivity (Wildman–Crippen MR) is 94.4 cm³/mol. The van der Waals surface area contributed by atoms with Gasteiger partial charge in [-0.05, 0) is 25.5 Å². The van der Waals surface area contributed by atoms with Gasteiger partial charge in [0.25, 0.3) is 5.91 Å². The number of para-hydroxylation sites is 1. The zero-order valence-electron chi connectivity index (χ0n) is 13.8. The fourth-order valence-corrected chi connectivity index (χ4v) is 3.26. The third kappa shape index (κ3) is 3.71. The molecule has 0 radical (unpaired) electrons. The maximum atomic E-state index is 12.8. The van der Waals surface area contributed by atoms with Crippen molar-refractivity contribution in [3.05, 3.63) is 30.3 Å². The Labute approximate surface area is 148 Å². The molecule has 2 heterocycles. The van der Waals surface area contributed by atoms with Gasteiger partial charge >= 0.3 is 0 Å². The van der Waals surface area contributed by atoms with Crippen LogP contribution in [0.25, 0.3) is 0 Å². The summed E-state index contributed by atoms with van der Waals surface area (Å²) in [6, 6.07) is 9.22. The molecule has 2 aliphatic rings. The van der Waals surface area contributed by atoms with E-state index in [4.69, 9.17) is 4.74 Å². The van der Waals surface area contributed by atoms with E-state index in [-0.39, 0.29) is 24.2 Å². The molecule has 6 nitrogen and oxygen atoms in total. The Balaban J connectivity index is 0.00000208. The van der Waals surface area contributed by atoms with Gasteiger partial charge < -0.3 is 19.9 Å². The first-order chi connectivity index (χ1) is 11.2. The molecule has 2 saturated heterocycles. The molecule has 2 aliphatic heterocycles. The van der Waals surface area contributed by atoms with Gasteiger partial charge in [0, 0.05) is 31.9 Å². The number of carbonyl (C=O) groups excluding carboxylic acids is 2. The van der Waals surface area contributed by atoms with Crippen molar-refractivity contribution in [2.45, 2.75) is 25.5 Å². The quantitative estimate of drug-likeness (QED) is 0.879. The molecular formula is C17H24ClN3O3. The number of morpholine rings is 1. The van der Waals surface area contributed by atoms with Gasteiger partial charge in [-0.15, -0.1) is 12.4 Å². The lowest BCUT2D eigenvalue weighted by molar-refractivity contribution is -0.149. The van der Waals surface area contributed by atoms with Crippen LogP contribution in [0.3, 0.4) is 0 Å². The number of rotatable bonds is 4. The van der Waals surface area contributed by atoms with Crippen LogP contribution in [0.15, 0.2) is 30.3 Å². The number of ether oxygens (including phenoxy) is 1. The van der Waals surface area contributed by atoms with Crippen LogP contribution in [0.1, 0.15) is 13.3 Å². The van der Waals surface area contributed by atoms with Crippen LogP contribution in [0.4, 0.5) is 5.69 Å². The second-order valence-corrected chi connectivity index (χ2v) is 5.82. The van der Waals surface area contributed by atoms with E-state index < -0.39 is 12.1 Å². The Morgan fingerprint density at radius 1 is 1.38 bits per heavy atom. The first-order valence-electron chi connectivity index (χ1n) is 8.21. The lowest BCUT2D eigenvalue weighted by Crippen LogP contribution is -2.54. The Morgan fingerprint density at radius 2 is 2.12 bits per heavy atom. The largest absolute Gasteiger partial charge is 0.366 e. The summed E-state index contributed by atoms with van der Waals surface area (Å²) in [6.07, 6.45) is 0.176. The molecule has 7 heteroatoms. The molecule has 0 saturated carbocycles. The number of amides is 2. The van der Waals surface area contributed by atoms with Crippen LogP contribution in [-0.4, -0.2) is 61.6 Å². The Bertz CT molecular complexity index is 563. The van der Waals surface area contributed by atoms with Gasteiger partial charge in [0.2, 0.25) is 5.91 Å². The molecule has 2 amide bonds. The van der Waals surface area contributed by atoms with Gasteiger partial charge in [-0.1, -0.05) is 18.2 Å². The second-order valence-electron chi connectivity index (χ2n) is 5.82. The van der Waals surface area contributed by atoms with E-state index in [2.05, 4.69) is 5.32 Å². The Hall–Kier alpha value is -1.63. The molecule has 0 bridgehead atoms. The lowest BCUT2D eigenvalue weighted by Gasteiger charge is -2.32. The maximum absolute atomic E-state index is 12.8. The van der Waals surface area contributed by atoms with Crippen molar-refractivity contribution in [1.82, 2.24) is 10.2 Å². The number of hydrogen-bond acceptors (Lipinski definition) is 4. The second kappa shape index (κ2) is 8.46. The molecule has 1 aromatic rings. The van der Waals surface area contributed by atoms with Crippen LogP contribution in [-0.2, 0) is 14.3 Å². The first-order valence-corrected chi connectivity index (χ1v) is 8.21. The number of nitrogens with one attached hydrogen (secondary N) is 1. The fourth-order valence-electron chi connectivity index (χ4n) is 3.26. The molecule has 0 spiro atoms. The van der Waals surface area contributed by atoms with Gasteiger partial charge in [-0.25, -0.2) is 0 Å². The zero-order valence-corrected chi connectivity index (χ0v) is 14.6. The average Bonchev–Trinajstić information content (AvgIpc) is 2.99. The van der Waals surface area contributed by atoms with Gasteiger partial charge in [-0.2, -0.15) is 0 Å². The lowest BCUT2D eigenvalue weighted by atomic mass is 10.1. The van der Waals surface area contributed by atoms with Crippen molar-refractivity contribution < 1.29 is 14.3 Å². The van der Waals surface area contributed by atoms with Crippen LogP contribution in [0.2, 0.25) is 0 Å². The highest BCUT2D eigenvalue weighted by atomic mass is 35.5. The highest BCUT2D eigenvalue weighted by Crippen LogP contribution is 2.24. The van der Waals surface area contributed by atoms with Gasteiger partial charge in [-0.3, -0.25) is 9.59 Å². The third-order valence-corrected chi connectivity index (χ3v) is 4.45. The summed E-state index contributed by atoms with van der Waals surface area (Å²) in [5.74, 6) is -0.0943. The summed E-state index contributed by atoms with van der Waals surface area (Å²) >= 11 is 0. The molecule has 0 aliphatic carbocycles. The number of halogens is 1. The summed E-state index contributed by atoms with van der Waals surface area (Å²) in [5, 5.41) is 3.16. The highest BCUT2D eigenvalue weighted by molar-refractivity contribution is 6.01. The summed E-state index contributed by atoms with van der Waals surface area (Å²) in [5.41, 5.74) is 0.888. The monoisotopic (exact) mass is 353 g/mol. The molecule has 0 aromatic heterocycles. The number of hydrogen-bond donors (Lipinski definition) is 1. The Kier molecular flexibility index (Phi) is 6.60. The number of likely N-dealkylation sites (N-methyl/N-ethyl adjacent to an activating group) is 1. The van der Waals surface area contributed by atoms with E-state index in [9.17, 15) is 9.59 Å². The maximum Gasteiger partial charge on any atom is 0.253 e. The van der Waals surface area contributed by atoms with Crippen LogP contribution >= 0.6 is 12.4 Å². The fraction of sp³-hybridized carbons (Fsp3) is 0.529. The third-order valence-electron chi connectivity index (χ3n) is 4.45. The molecule has 1 aromatic carbocycles. The Morgan fingerprint density at radius 3 is 2.75 bits per heavy atom. The topological polar surface area (TPSA) is 61.9 Å². The SMILES string of the molecule is CCN(C(=O)C1CNCCO1)C1CCN(c2ccccc2)C1=O.Cl. The molecule has 132 valence electrons. The van der Waals surface area contributed by atoms with Crippen LogP contribution in [0, 0.1) is 0 Å². The minimum absolute atomic E-state index is 0.